The second-order valence-corrected chi connectivity index (χ2v) is 3.06. The SMILES string of the molecule is Nc1cccc(C(=O)OCC(=O)O)c1Cl. The molecule has 0 spiro atoms. The molecular formula is C9H8ClNO4. The van der Waals surface area contributed by atoms with Crippen molar-refractivity contribution in [3.05, 3.63) is 28.8 Å². The third-order valence-corrected chi connectivity index (χ3v) is 2.00. The zero-order valence-electron chi connectivity index (χ0n) is 7.57. The van der Waals surface area contributed by atoms with E-state index in [1.807, 2.05) is 0 Å². The molecule has 0 aromatic heterocycles. The Morgan fingerprint density at radius 1 is 1.47 bits per heavy atom. The molecule has 0 atom stereocenters. The fourth-order valence-corrected chi connectivity index (χ4v) is 1.12. The number of rotatable bonds is 3. The molecule has 0 aliphatic heterocycles. The number of anilines is 1. The van der Waals surface area contributed by atoms with Crippen molar-refractivity contribution in [2.75, 3.05) is 12.3 Å². The van der Waals surface area contributed by atoms with E-state index in [1.54, 1.807) is 0 Å². The van der Waals surface area contributed by atoms with Crippen molar-refractivity contribution < 1.29 is 19.4 Å². The topological polar surface area (TPSA) is 89.6 Å². The first-order valence-corrected chi connectivity index (χ1v) is 4.33. The van der Waals surface area contributed by atoms with Gasteiger partial charge in [0.15, 0.2) is 6.61 Å². The van der Waals surface area contributed by atoms with Crippen LogP contribution in [0.3, 0.4) is 0 Å². The monoisotopic (exact) mass is 229 g/mol. The van der Waals surface area contributed by atoms with Crippen molar-refractivity contribution >= 4 is 29.2 Å². The van der Waals surface area contributed by atoms with E-state index in [1.165, 1.54) is 18.2 Å². The number of carboxylic acids is 1. The molecule has 0 saturated carbocycles. The quantitative estimate of drug-likeness (QED) is 0.600. The van der Waals surface area contributed by atoms with Crippen LogP contribution in [0.4, 0.5) is 5.69 Å². The van der Waals surface area contributed by atoms with E-state index in [2.05, 4.69) is 4.74 Å². The number of esters is 1. The zero-order valence-corrected chi connectivity index (χ0v) is 8.32. The molecule has 0 aliphatic carbocycles. The number of carbonyl (C=O) groups excluding carboxylic acids is 1. The Bertz CT molecular complexity index is 405. The number of benzene rings is 1. The Labute approximate surface area is 90.4 Å². The Hall–Kier alpha value is -1.75. The summed E-state index contributed by atoms with van der Waals surface area (Å²) in [6, 6.07) is 4.46. The summed E-state index contributed by atoms with van der Waals surface area (Å²) in [7, 11) is 0. The molecule has 0 bridgehead atoms. The Balaban J connectivity index is 2.82. The molecular weight excluding hydrogens is 222 g/mol. The number of aliphatic carboxylic acids is 1. The number of nitrogens with two attached hydrogens (primary N) is 1. The number of ether oxygens (including phenoxy) is 1. The van der Waals surface area contributed by atoms with E-state index in [0.29, 0.717) is 0 Å². The standard InChI is InChI=1S/C9H8ClNO4/c10-8-5(2-1-3-6(8)11)9(14)15-4-7(12)13/h1-3H,4,11H2,(H,12,13). The highest BCUT2D eigenvalue weighted by atomic mass is 35.5. The molecule has 0 radical (unpaired) electrons. The molecule has 0 aliphatic rings. The third-order valence-electron chi connectivity index (χ3n) is 1.58. The second-order valence-electron chi connectivity index (χ2n) is 2.68. The van der Waals surface area contributed by atoms with Crippen molar-refractivity contribution in [3.8, 4) is 0 Å². The molecule has 1 rings (SSSR count). The Morgan fingerprint density at radius 2 is 2.13 bits per heavy atom. The lowest BCUT2D eigenvalue weighted by Gasteiger charge is -2.05. The second kappa shape index (κ2) is 4.65. The van der Waals surface area contributed by atoms with Gasteiger partial charge in [-0.3, -0.25) is 0 Å². The van der Waals surface area contributed by atoms with Crippen LogP contribution in [0, 0.1) is 0 Å². The lowest BCUT2D eigenvalue weighted by atomic mass is 10.2. The maximum absolute atomic E-state index is 11.3. The summed E-state index contributed by atoms with van der Waals surface area (Å²) in [5.41, 5.74) is 5.75. The molecule has 80 valence electrons. The number of hydrogen-bond donors (Lipinski definition) is 2. The minimum Gasteiger partial charge on any atom is -0.479 e. The highest BCUT2D eigenvalue weighted by Crippen LogP contribution is 2.23. The number of nitrogen functional groups attached to an aromatic ring is 1. The van der Waals surface area contributed by atoms with E-state index in [9.17, 15) is 9.59 Å². The maximum Gasteiger partial charge on any atom is 0.341 e. The van der Waals surface area contributed by atoms with Gasteiger partial charge in [-0.05, 0) is 12.1 Å². The van der Waals surface area contributed by atoms with Gasteiger partial charge in [0, 0.05) is 0 Å². The van der Waals surface area contributed by atoms with Gasteiger partial charge in [0.25, 0.3) is 0 Å². The first kappa shape index (κ1) is 11.3. The predicted molar refractivity (Wildman–Crippen MR) is 53.8 cm³/mol. The largest absolute Gasteiger partial charge is 0.479 e. The van der Waals surface area contributed by atoms with Crippen molar-refractivity contribution in [1.82, 2.24) is 0 Å². The summed E-state index contributed by atoms with van der Waals surface area (Å²) >= 11 is 5.73. The van der Waals surface area contributed by atoms with Gasteiger partial charge in [0.05, 0.1) is 16.3 Å². The molecule has 0 saturated heterocycles. The van der Waals surface area contributed by atoms with Crippen LogP contribution in [0.2, 0.25) is 5.02 Å². The van der Waals surface area contributed by atoms with Crippen molar-refractivity contribution in [3.63, 3.8) is 0 Å². The first-order chi connectivity index (χ1) is 7.02. The van der Waals surface area contributed by atoms with Crippen LogP contribution in [0.1, 0.15) is 10.4 Å². The van der Waals surface area contributed by atoms with Crippen LogP contribution in [0.15, 0.2) is 18.2 Å². The molecule has 6 heteroatoms. The molecule has 0 amide bonds. The van der Waals surface area contributed by atoms with Gasteiger partial charge in [-0.25, -0.2) is 9.59 Å². The van der Waals surface area contributed by atoms with Crippen LogP contribution >= 0.6 is 11.6 Å². The van der Waals surface area contributed by atoms with Gasteiger partial charge in [-0.1, -0.05) is 17.7 Å². The number of carboxylic acid groups (broad SMARTS) is 1. The highest BCUT2D eigenvalue weighted by molar-refractivity contribution is 6.36. The fourth-order valence-electron chi connectivity index (χ4n) is 0.913. The van der Waals surface area contributed by atoms with Crippen molar-refractivity contribution in [2.45, 2.75) is 0 Å². The molecule has 0 fully saturated rings. The number of carbonyl (C=O) groups is 2. The van der Waals surface area contributed by atoms with E-state index < -0.39 is 18.5 Å². The van der Waals surface area contributed by atoms with Crippen LogP contribution in [-0.4, -0.2) is 23.7 Å². The molecule has 1 aromatic rings. The summed E-state index contributed by atoms with van der Waals surface area (Å²) < 4.78 is 4.45. The minimum atomic E-state index is -1.23. The van der Waals surface area contributed by atoms with Crippen molar-refractivity contribution in [1.29, 1.82) is 0 Å². The number of halogens is 1. The zero-order chi connectivity index (χ0) is 11.4. The normalized spacial score (nSPS) is 9.67. The van der Waals surface area contributed by atoms with E-state index in [4.69, 9.17) is 22.4 Å². The summed E-state index contributed by atoms with van der Waals surface area (Å²) in [6.45, 7) is -0.704. The summed E-state index contributed by atoms with van der Waals surface area (Å²) in [6.07, 6.45) is 0. The molecule has 5 nitrogen and oxygen atoms in total. The highest BCUT2D eigenvalue weighted by Gasteiger charge is 2.14. The average molecular weight is 230 g/mol. The van der Waals surface area contributed by atoms with Crippen LogP contribution < -0.4 is 5.73 Å². The summed E-state index contributed by atoms with van der Waals surface area (Å²) in [5, 5.41) is 8.36. The van der Waals surface area contributed by atoms with Gasteiger partial charge >= 0.3 is 11.9 Å². The van der Waals surface area contributed by atoms with E-state index >= 15 is 0 Å². The van der Waals surface area contributed by atoms with Crippen LogP contribution in [0.5, 0.6) is 0 Å². The molecule has 1 aromatic carbocycles. The molecule has 3 N–H and O–H groups in total. The lowest BCUT2D eigenvalue weighted by Crippen LogP contribution is -2.13. The summed E-state index contributed by atoms with van der Waals surface area (Å²) in [5.74, 6) is -2.04. The molecule has 0 heterocycles. The molecule has 15 heavy (non-hydrogen) atoms. The minimum absolute atomic E-state index is 0.0536. The maximum atomic E-state index is 11.3. The van der Waals surface area contributed by atoms with Gasteiger partial charge in [-0.2, -0.15) is 0 Å². The van der Waals surface area contributed by atoms with Gasteiger partial charge in [0.2, 0.25) is 0 Å². The van der Waals surface area contributed by atoms with E-state index in [-0.39, 0.29) is 16.3 Å². The van der Waals surface area contributed by atoms with Crippen molar-refractivity contribution in [2.24, 2.45) is 0 Å². The third kappa shape index (κ3) is 2.85. The van der Waals surface area contributed by atoms with Gasteiger partial charge in [0.1, 0.15) is 0 Å². The Kier molecular flexibility index (Phi) is 3.51. The first-order valence-electron chi connectivity index (χ1n) is 3.95. The fraction of sp³-hybridized carbons (Fsp3) is 0.111. The summed E-state index contributed by atoms with van der Waals surface area (Å²) in [4.78, 5) is 21.4. The predicted octanol–water partition coefficient (Wildman–Crippen LogP) is 1.16. The Morgan fingerprint density at radius 3 is 2.73 bits per heavy atom. The van der Waals surface area contributed by atoms with E-state index in [0.717, 1.165) is 0 Å². The molecule has 0 unspecified atom stereocenters. The smallest absolute Gasteiger partial charge is 0.341 e. The van der Waals surface area contributed by atoms with Gasteiger partial charge in [-0.15, -0.1) is 0 Å². The average Bonchev–Trinajstić information content (AvgIpc) is 2.18. The van der Waals surface area contributed by atoms with Crippen LogP contribution in [-0.2, 0) is 9.53 Å². The van der Waals surface area contributed by atoms with Gasteiger partial charge < -0.3 is 15.6 Å². The lowest BCUT2D eigenvalue weighted by molar-refractivity contribution is -0.140. The van der Waals surface area contributed by atoms with Crippen LogP contribution in [0.25, 0.3) is 0 Å². The number of hydrogen-bond acceptors (Lipinski definition) is 4.